The molecule has 2 aromatic heterocycles. The van der Waals surface area contributed by atoms with Gasteiger partial charge in [0, 0.05) is 49.3 Å². The number of benzene rings is 1. The summed E-state index contributed by atoms with van der Waals surface area (Å²) in [6, 6.07) is 12.2. The van der Waals surface area contributed by atoms with Crippen LogP contribution in [0.3, 0.4) is 0 Å². The molecule has 32 heavy (non-hydrogen) atoms. The molecule has 1 saturated heterocycles. The van der Waals surface area contributed by atoms with Gasteiger partial charge in [-0.2, -0.15) is 0 Å². The Balaban J connectivity index is 1.49. The van der Waals surface area contributed by atoms with Gasteiger partial charge in [0.25, 0.3) is 0 Å². The molecule has 0 unspecified atom stereocenters. The van der Waals surface area contributed by atoms with Gasteiger partial charge in [0.2, 0.25) is 0 Å². The van der Waals surface area contributed by atoms with E-state index in [1.165, 1.54) is 24.7 Å². The summed E-state index contributed by atoms with van der Waals surface area (Å²) in [6.45, 7) is 5.00. The van der Waals surface area contributed by atoms with Crippen LogP contribution in [0.5, 0.6) is 0 Å². The van der Waals surface area contributed by atoms with Crippen molar-refractivity contribution in [3.05, 3.63) is 55.0 Å². The van der Waals surface area contributed by atoms with E-state index in [0.717, 1.165) is 43.0 Å². The Morgan fingerprint density at radius 3 is 2.84 bits per heavy atom. The van der Waals surface area contributed by atoms with E-state index < -0.39 is 0 Å². The smallest absolute Gasteiger partial charge is 0.329 e. The number of aromatic nitrogens is 3. The first-order valence-electron chi connectivity index (χ1n) is 11.2. The molecule has 8 nitrogen and oxygen atoms in total. The molecule has 8 heteroatoms. The van der Waals surface area contributed by atoms with Crippen LogP contribution in [-0.2, 0) is 0 Å². The Bertz CT molecular complexity index is 1100. The van der Waals surface area contributed by atoms with Crippen molar-refractivity contribution in [2.24, 2.45) is 0 Å². The number of amides is 2. The number of pyridine rings is 1. The fourth-order valence-corrected chi connectivity index (χ4v) is 4.35. The molecule has 164 valence electrons. The summed E-state index contributed by atoms with van der Waals surface area (Å²) in [4.78, 5) is 30.5. The summed E-state index contributed by atoms with van der Waals surface area (Å²) in [5.74, 6) is 1.04. The van der Waals surface area contributed by atoms with E-state index in [1.807, 2.05) is 19.1 Å². The minimum atomic E-state index is -0.265. The van der Waals surface area contributed by atoms with E-state index in [-0.39, 0.29) is 12.1 Å². The normalized spacial score (nSPS) is 18.0. The van der Waals surface area contributed by atoms with Crippen LogP contribution >= 0.6 is 0 Å². The van der Waals surface area contributed by atoms with Crippen molar-refractivity contribution in [3.63, 3.8) is 0 Å². The lowest BCUT2D eigenvalue weighted by Gasteiger charge is -2.27. The second-order valence-corrected chi connectivity index (χ2v) is 8.27. The molecule has 1 atom stereocenters. The minimum absolute atomic E-state index is 0.0286. The maximum absolute atomic E-state index is 13.2. The van der Waals surface area contributed by atoms with Crippen LogP contribution in [0.25, 0.3) is 11.3 Å². The third kappa shape index (κ3) is 4.08. The summed E-state index contributed by atoms with van der Waals surface area (Å²) in [7, 11) is 0. The maximum atomic E-state index is 13.2. The molecule has 5 rings (SSSR count). The van der Waals surface area contributed by atoms with Crippen LogP contribution < -0.4 is 20.4 Å². The molecule has 1 aromatic carbocycles. The van der Waals surface area contributed by atoms with Crippen molar-refractivity contribution in [1.29, 1.82) is 0 Å². The highest BCUT2D eigenvalue weighted by atomic mass is 16.2. The zero-order valence-corrected chi connectivity index (χ0v) is 18.2. The molecule has 0 spiro atoms. The number of nitrogens with one attached hydrogen (secondary N) is 2. The van der Waals surface area contributed by atoms with Gasteiger partial charge in [0.15, 0.2) is 11.6 Å². The third-order valence-corrected chi connectivity index (χ3v) is 6.05. The van der Waals surface area contributed by atoms with E-state index in [1.54, 1.807) is 17.3 Å². The lowest BCUT2D eigenvalue weighted by Crippen LogP contribution is -2.42. The SMILES string of the molecule is C[C@@H]1CCNc2ccc(-c3cccc(N4CCCC4)c3)nc2N1C(=O)Nc1cnccn1. The van der Waals surface area contributed by atoms with Crippen molar-refractivity contribution < 1.29 is 4.79 Å². The average Bonchev–Trinajstić information content (AvgIpc) is 3.30. The molecule has 0 radical (unpaired) electrons. The van der Waals surface area contributed by atoms with Gasteiger partial charge in [-0.05, 0) is 50.5 Å². The van der Waals surface area contributed by atoms with E-state index in [4.69, 9.17) is 4.98 Å². The summed E-state index contributed by atoms with van der Waals surface area (Å²) < 4.78 is 0. The minimum Gasteiger partial charge on any atom is -0.382 e. The first-order chi connectivity index (χ1) is 15.7. The molecular formula is C24H27N7O. The van der Waals surface area contributed by atoms with E-state index in [2.05, 4.69) is 49.8 Å². The van der Waals surface area contributed by atoms with E-state index >= 15 is 0 Å². The first kappa shape index (κ1) is 20.2. The Labute approximate surface area is 187 Å². The molecule has 2 aliphatic heterocycles. The lowest BCUT2D eigenvalue weighted by molar-refractivity contribution is 0.255. The highest BCUT2D eigenvalue weighted by Crippen LogP contribution is 2.34. The predicted octanol–water partition coefficient (Wildman–Crippen LogP) is 4.38. The summed E-state index contributed by atoms with van der Waals surface area (Å²) in [5, 5.41) is 6.27. The molecule has 2 N–H and O–H groups in total. The van der Waals surface area contributed by atoms with Gasteiger partial charge in [0.05, 0.1) is 17.6 Å². The fourth-order valence-electron chi connectivity index (χ4n) is 4.35. The Kier molecular flexibility index (Phi) is 5.58. The van der Waals surface area contributed by atoms with E-state index in [0.29, 0.717) is 11.6 Å². The van der Waals surface area contributed by atoms with Crippen molar-refractivity contribution in [1.82, 2.24) is 15.0 Å². The van der Waals surface area contributed by atoms with Gasteiger partial charge in [-0.3, -0.25) is 15.2 Å². The highest BCUT2D eigenvalue weighted by molar-refractivity contribution is 6.03. The average molecular weight is 430 g/mol. The van der Waals surface area contributed by atoms with Crippen LogP contribution in [0, 0.1) is 0 Å². The van der Waals surface area contributed by atoms with Crippen molar-refractivity contribution in [3.8, 4) is 11.3 Å². The highest BCUT2D eigenvalue weighted by Gasteiger charge is 2.29. The molecule has 0 aliphatic carbocycles. The second-order valence-electron chi connectivity index (χ2n) is 8.27. The topological polar surface area (TPSA) is 86.3 Å². The lowest BCUT2D eigenvalue weighted by atomic mass is 10.1. The standard InChI is InChI=1S/C24H27N7O/c1-17-9-10-26-21-8-7-20(18-5-4-6-19(15-18)30-13-2-3-14-30)28-23(21)31(17)24(32)29-22-16-25-11-12-27-22/h4-8,11-12,15-17,26H,2-3,9-10,13-14H2,1H3,(H,27,29,32)/t17-/m1/s1. The molecule has 4 heterocycles. The van der Waals surface area contributed by atoms with Gasteiger partial charge in [0.1, 0.15) is 0 Å². The number of fused-ring (bicyclic) bond motifs is 1. The number of hydrogen-bond acceptors (Lipinski definition) is 6. The molecular weight excluding hydrogens is 402 g/mol. The molecule has 0 bridgehead atoms. The van der Waals surface area contributed by atoms with Crippen molar-refractivity contribution >= 4 is 29.0 Å². The van der Waals surface area contributed by atoms with Crippen LogP contribution in [0.4, 0.5) is 27.8 Å². The fraction of sp³-hybridized carbons (Fsp3) is 0.333. The third-order valence-electron chi connectivity index (χ3n) is 6.05. The number of anilines is 4. The molecule has 2 amide bonds. The van der Waals surface area contributed by atoms with Gasteiger partial charge >= 0.3 is 6.03 Å². The number of urea groups is 1. The Hall–Kier alpha value is -3.68. The first-order valence-corrected chi connectivity index (χ1v) is 11.2. The number of nitrogens with zero attached hydrogens (tertiary/aromatic N) is 5. The number of rotatable bonds is 3. The second kappa shape index (κ2) is 8.82. The number of carbonyl (C=O) groups excluding carboxylic acids is 1. The van der Waals surface area contributed by atoms with Gasteiger partial charge in [-0.25, -0.2) is 14.8 Å². The maximum Gasteiger partial charge on any atom is 0.329 e. The van der Waals surface area contributed by atoms with Gasteiger partial charge < -0.3 is 10.2 Å². The monoisotopic (exact) mass is 429 g/mol. The molecule has 2 aliphatic rings. The Morgan fingerprint density at radius 1 is 1.16 bits per heavy atom. The predicted molar refractivity (Wildman–Crippen MR) is 127 cm³/mol. The zero-order chi connectivity index (χ0) is 21.9. The summed E-state index contributed by atoms with van der Waals surface area (Å²) >= 11 is 0. The van der Waals surface area contributed by atoms with Crippen LogP contribution in [0.1, 0.15) is 26.2 Å². The molecule has 0 saturated carbocycles. The van der Waals surface area contributed by atoms with Crippen molar-refractivity contribution in [2.45, 2.75) is 32.2 Å². The zero-order valence-electron chi connectivity index (χ0n) is 18.2. The van der Waals surface area contributed by atoms with E-state index in [9.17, 15) is 4.79 Å². The van der Waals surface area contributed by atoms with Gasteiger partial charge in [-0.1, -0.05) is 12.1 Å². The summed E-state index contributed by atoms with van der Waals surface area (Å²) in [6.07, 6.45) is 7.95. The number of carbonyl (C=O) groups is 1. The van der Waals surface area contributed by atoms with Crippen molar-refractivity contribution in [2.75, 3.05) is 40.1 Å². The largest absolute Gasteiger partial charge is 0.382 e. The summed E-state index contributed by atoms with van der Waals surface area (Å²) in [5.41, 5.74) is 3.96. The van der Waals surface area contributed by atoms with Crippen LogP contribution in [0.2, 0.25) is 0 Å². The molecule has 1 fully saturated rings. The number of hydrogen-bond donors (Lipinski definition) is 2. The van der Waals surface area contributed by atoms with Crippen LogP contribution in [0.15, 0.2) is 55.0 Å². The molecule has 3 aromatic rings. The van der Waals surface area contributed by atoms with Crippen LogP contribution in [-0.4, -0.2) is 46.7 Å². The Morgan fingerprint density at radius 2 is 2.03 bits per heavy atom. The quantitative estimate of drug-likeness (QED) is 0.643. The van der Waals surface area contributed by atoms with Gasteiger partial charge in [-0.15, -0.1) is 0 Å².